The molecular weight excluding hydrogens is 246 g/mol. The number of rotatable bonds is 4. The Balaban J connectivity index is 1.89. The summed E-state index contributed by atoms with van der Waals surface area (Å²) in [5, 5.41) is 3.92. The van der Waals surface area contributed by atoms with Crippen molar-refractivity contribution >= 4 is 0 Å². The van der Waals surface area contributed by atoms with E-state index in [1.165, 1.54) is 51.6 Å². The second-order valence-electron chi connectivity index (χ2n) is 7.75. The van der Waals surface area contributed by atoms with Gasteiger partial charge in [-0.05, 0) is 66.2 Å². The van der Waals surface area contributed by atoms with Crippen LogP contribution in [0.3, 0.4) is 0 Å². The molecule has 0 amide bonds. The Morgan fingerprint density at radius 3 is 2.60 bits per heavy atom. The lowest BCUT2D eigenvalue weighted by atomic mass is 9.75. The van der Waals surface area contributed by atoms with Gasteiger partial charge in [0, 0.05) is 24.2 Å². The topological polar surface area (TPSA) is 18.5 Å². The van der Waals surface area contributed by atoms with Crippen LogP contribution >= 0.6 is 0 Å². The fraction of sp³-hybridized carbons (Fsp3) is 1.00. The summed E-state index contributed by atoms with van der Waals surface area (Å²) >= 11 is 0. The van der Waals surface area contributed by atoms with Crippen molar-refractivity contribution in [2.45, 2.75) is 70.0 Å². The molecule has 0 aromatic heterocycles. The predicted molar refractivity (Wildman–Crippen MR) is 87.2 cm³/mol. The molecule has 0 spiro atoms. The zero-order valence-corrected chi connectivity index (χ0v) is 14.3. The Bertz CT molecular complexity index is 305. The molecule has 20 heavy (non-hydrogen) atoms. The Kier molecular flexibility index (Phi) is 5.49. The molecular formula is C17H35N3. The summed E-state index contributed by atoms with van der Waals surface area (Å²) < 4.78 is 0. The summed E-state index contributed by atoms with van der Waals surface area (Å²) in [6.45, 7) is 7.20. The monoisotopic (exact) mass is 281 g/mol. The average molecular weight is 281 g/mol. The Labute approximate surface area is 126 Å². The predicted octanol–water partition coefficient (Wildman–Crippen LogP) is 2.57. The zero-order valence-electron chi connectivity index (χ0n) is 14.3. The number of hydrogen-bond donors (Lipinski definition) is 1. The van der Waals surface area contributed by atoms with E-state index in [1.54, 1.807) is 0 Å². The molecule has 4 atom stereocenters. The van der Waals surface area contributed by atoms with Crippen molar-refractivity contribution in [3.8, 4) is 0 Å². The van der Waals surface area contributed by atoms with Gasteiger partial charge in [-0.15, -0.1) is 0 Å². The van der Waals surface area contributed by atoms with Crippen molar-refractivity contribution in [1.29, 1.82) is 0 Å². The molecule has 118 valence electrons. The first kappa shape index (κ1) is 16.3. The molecule has 2 aliphatic rings. The summed E-state index contributed by atoms with van der Waals surface area (Å²) in [5.74, 6) is 0.879. The first-order valence-electron chi connectivity index (χ1n) is 8.54. The minimum absolute atomic E-state index is 0.393. The summed E-state index contributed by atoms with van der Waals surface area (Å²) in [4.78, 5) is 4.98. The molecule has 1 heterocycles. The highest BCUT2D eigenvalue weighted by Gasteiger charge is 2.37. The van der Waals surface area contributed by atoms with Crippen LogP contribution in [0.4, 0.5) is 0 Å². The Morgan fingerprint density at radius 2 is 2.00 bits per heavy atom. The van der Waals surface area contributed by atoms with Gasteiger partial charge in [0.1, 0.15) is 0 Å². The third-order valence-corrected chi connectivity index (χ3v) is 5.94. The molecule has 0 radical (unpaired) electrons. The molecule has 1 aliphatic carbocycles. The maximum absolute atomic E-state index is 3.92. The molecule has 1 saturated carbocycles. The second-order valence-corrected chi connectivity index (χ2v) is 7.75. The van der Waals surface area contributed by atoms with Gasteiger partial charge < -0.3 is 15.1 Å². The summed E-state index contributed by atoms with van der Waals surface area (Å²) in [5.41, 5.74) is 0.393. The molecule has 2 fully saturated rings. The van der Waals surface area contributed by atoms with E-state index in [1.807, 2.05) is 0 Å². The van der Waals surface area contributed by atoms with Gasteiger partial charge in [-0.2, -0.15) is 0 Å². The van der Waals surface area contributed by atoms with Gasteiger partial charge in [-0.3, -0.25) is 0 Å². The number of nitrogens with one attached hydrogen (secondary N) is 1. The largest absolute Gasteiger partial charge is 0.312 e. The lowest BCUT2D eigenvalue weighted by Gasteiger charge is -2.47. The van der Waals surface area contributed by atoms with E-state index in [0.717, 1.165) is 18.0 Å². The van der Waals surface area contributed by atoms with E-state index in [9.17, 15) is 0 Å². The number of likely N-dealkylation sites (N-methyl/N-ethyl adjacent to an activating group) is 1. The maximum Gasteiger partial charge on any atom is 0.0330 e. The highest BCUT2D eigenvalue weighted by Crippen LogP contribution is 2.35. The van der Waals surface area contributed by atoms with Gasteiger partial charge in [0.25, 0.3) is 0 Å². The molecule has 1 aliphatic heterocycles. The van der Waals surface area contributed by atoms with Gasteiger partial charge in [0.05, 0.1) is 0 Å². The standard InChI is InChI=1S/C17H35N3/c1-14-7-6-9-17(12-14,19(3)4)13-18-16-8-10-20(5)15(2)11-16/h14-16,18H,6-13H2,1-5H3. The van der Waals surface area contributed by atoms with Crippen LogP contribution in [0, 0.1) is 5.92 Å². The van der Waals surface area contributed by atoms with Crippen molar-refractivity contribution in [3.63, 3.8) is 0 Å². The van der Waals surface area contributed by atoms with E-state index in [4.69, 9.17) is 0 Å². The third kappa shape index (κ3) is 3.75. The van der Waals surface area contributed by atoms with E-state index in [2.05, 4.69) is 50.1 Å². The van der Waals surface area contributed by atoms with E-state index in [0.29, 0.717) is 5.54 Å². The lowest BCUT2D eigenvalue weighted by Crippen LogP contribution is -2.57. The molecule has 4 unspecified atom stereocenters. The van der Waals surface area contributed by atoms with Crippen LogP contribution < -0.4 is 5.32 Å². The average Bonchev–Trinajstić information content (AvgIpc) is 2.40. The minimum atomic E-state index is 0.393. The van der Waals surface area contributed by atoms with E-state index < -0.39 is 0 Å². The van der Waals surface area contributed by atoms with E-state index >= 15 is 0 Å². The quantitative estimate of drug-likeness (QED) is 0.854. The summed E-state index contributed by atoms with van der Waals surface area (Å²) in [6, 6.07) is 1.44. The number of hydrogen-bond acceptors (Lipinski definition) is 3. The smallest absolute Gasteiger partial charge is 0.0330 e. The molecule has 2 rings (SSSR count). The minimum Gasteiger partial charge on any atom is -0.312 e. The first-order chi connectivity index (χ1) is 9.43. The Morgan fingerprint density at radius 1 is 1.25 bits per heavy atom. The van der Waals surface area contributed by atoms with Crippen LogP contribution in [0.2, 0.25) is 0 Å². The van der Waals surface area contributed by atoms with Gasteiger partial charge in [0.2, 0.25) is 0 Å². The van der Waals surface area contributed by atoms with Crippen molar-refractivity contribution in [3.05, 3.63) is 0 Å². The summed E-state index contributed by atoms with van der Waals surface area (Å²) in [6.07, 6.45) is 8.13. The van der Waals surface area contributed by atoms with Gasteiger partial charge in [-0.1, -0.05) is 19.8 Å². The lowest BCUT2D eigenvalue weighted by molar-refractivity contribution is 0.0662. The Hall–Kier alpha value is -0.120. The number of likely N-dealkylation sites (tertiary alicyclic amines) is 1. The van der Waals surface area contributed by atoms with Crippen LogP contribution in [0.15, 0.2) is 0 Å². The molecule has 3 heteroatoms. The van der Waals surface area contributed by atoms with Crippen LogP contribution in [0.1, 0.15) is 52.4 Å². The SMILES string of the molecule is CC1CCCC(CNC2CCN(C)C(C)C2)(N(C)C)C1. The highest BCUT2D eigenvalue weighted by molar-refractivity contribution is 4.96. The van der Waals surface area contributed by atoms with Crippen molar-refractivity contribution < 1.29 is 0 Å². The van der Waals surface area contributed by atoms with Crippen molar-refractivity contribution in [1.82, 2.24) is 15.1 Å². The highest BCUT2D eigenvalue weighted by atomic mass is 15.2. The maximum atomic E-state index is 3.92. The number of piperidine rings is 1. The van der Waals surface area contributed by atoms with Gasteiger partial charge in [0.15, 0.2) is 0 Å². The molecule has 0 bridgehead atoms. The number of nitrogens with zero attached hydrogens (tertiary/aromatic N) is 2. The van der Waals surface area contributed by atoms with Gasteiger partial charge in [-0.25, -0.2) is 0 Å². The zero-order chi connectivity index (χ0) is 14.8. The molecule has 0 aromatic carbocycles. The van der Waals surface area contributed by atoms with Crippen molar-refractivity contribution in [2.24, 2.45) is 5.92 Å². The summed E-state index contributed by atoms with van der Waals surface area (Å²) in [7, 11) is 6.80. The fourth-order valence-electron chi connectivity index (χ4n) is 4.17. The third-order valence-electron chi connectivity index (χ3n) is 5.94. The van der Waals surface area contributed by atoms with E-state index in [-0.39, 0.29) is 0 Å². The van der Waals surface area contributed by atoms with Crippen LogP contribution in [0.5, 0.6) is 0 Å². The van der Waals surface area contributed by atoms with Crippen LogP contribution in [-0.2, 0) is 0 Å². The molecule has 0 aromatic rings. The first-order valence-corrected chi connectivity index (χ1v) is 8.54. The molecule has 1 N–H and O–H groups in total. The van der Waals surface area contributed by atoms with Crippen LogP contribution in [0.25, 0.3) is 0 Å². The molecule has 3 nitrogen and oxygen atoms in total. The fourth-order valence-corrected chi connectivity index (χ4v) is 4.17. The van der Waals surface area contributed by atoms with Crippen LogP contribution in [-0.4, -0.2) is 61.7 Å². The normalized spacial score (nSPS) is 40.2. The second kappa shape index (κ2) is 6.76. The van der Waals surface area contributed by atoms with Crippen molar-refractivity contribution in [2.75, 3.05) is 34.2 Å². The molecule has 1 saturated heterocycles. The van der Waals surface area contributed by atoms with Gasteiger partial charge >= 0.3 is 0 Å².